The van der Waals surface area contributed by atoms with Gasteiger partial charge in [-0.15, -0.1) is 10.2 Å². The number of nitrogens with one attached hydrogen (secondary N) is 1. The Labute approximate surface area is 142 Å². The molecular weight excluding hydrogens is 391 g/mol. The lowest BCUT2D eigenvalue weighted by Crippen LogP contribution is -2.23. The average molecular weight is 398 g/mol. The maximum atomic E-state index is 12.7. The van der Waals surface area contributed by atoms with Crippen LogP contribution in [0.25, 0.3) is 4.96 Å². The molecule has 24 heavy (non-hydrogen) atoms. The lowest BCUT2D eigenvalue weighted by molar-refractivity contribution is -0.146. The first kappa shape index (κ1) is 17.1. The third kappa shape index (κ3) is 3.36. The second-order valence-corrected chi connectivity index (χ2v) is 7.73. The van der Waals surface area contributed by atoms with E-state index in [-0.39, 0.29) is 21.4 Å². The minimum Gasteiger partial charge on any atom is -0.207 e. The van der Waals surface area contributed by atoms with Crippen molar-refractivity contribution in [2.75, 3.05) is 0 Å². The first-order valence-electron chi connectivity index (χ1n) is 6.20. The topological polar surface area (TPSA) is 89.2 Å². The Morgan fingerprint density at radius 1 is 1.21 bits per heavy atom. The number of fused-ring (bicyclic) bond motifs is 1. The van der Waals surface area contributed by atoms with Crippen LogP contribution >= 0.6 is 22.9 Å². The molecule has 0 atom stereocenters. The molecule has 2 aromatic heterocycles. The van der Waals surface area contributed by atoms with Crippen LogP contribution in [0.2, 0.25) is 5.02 Å². The highest BCUT2D eigenvalue weighted by molar-refractivity contribution is 7.89. The number of hydrogen-bond acceptors (Lipinski definition) is 6. The molecule has 3 rings (SSSR count). The molecule has 0 aliphatic carbocycles. The van der Waals surface area contributed by atoms with Gasteiger partial charge in [-0.3, -0.25) is 0 Å². The largest absolute Gasteiger partial charge is 0.453 e. The number of nitrogens with zero attached hydrogens (tertiary/aromatic N) is 4. The highest BCUT2D eigenvalue weighted by Gasteiger charge is 2.38. The molecule has 13 heteroatoms. The molecule has 0 fully saturated rings. The summed E-state index contributed by atoms with van der Waals surface area (Å²) in [5.74, 6) is -1.26. The fourth-order valence-electron chi connectivity index (χ4n) is 1.76. The summed E-state index contributed by atoms with van der Waals surface area (Å²) in [7, 11) is -3.84. The smallest absolute Gasteiger partial charge is 0.207 e. The van der Waals surface area contributed by atoms with Gasteiger partial charge in [0, 0.05) is 5.02 Å². The summed E-state index contributed by atoms with van der Waals surface area (Å²) in [6, 6.07) is 5.44. The molecule has 7 nitrogen and oxygen atoms in total. The van der Waals surface area contributed by atoms with Crippen molar-refractivity contribution in [3.05, 3.63) is 40.1 Å². The predicted molar refractivity (Wildman–Crippen MR) is 79.1 cm³/mol. The fraction of sp³-hybridized carbons (Fsp3) is 0.182. The third-order valence-electron chi connectivity index (χ3n) is 2.82. The number of alkyl halides is 3. The molecule has 0 saturated heterocycles. The van der Waals surface area contributed by atoms with Crippen molar-refractivity contribution in [2.45, 2.75) is 17.6 Å². The van der Waals surface area contributed by atoms with E-state index in [2.05, 4.69) is 20.0 Å². The average Bonchev–Trinajstić information content (AvgIpc) is 3.04. The van der Waals surface area contributed by atoms with Gasteiger partial charge < -0.3 is 0 Å². The molecule has 0 saturated carbocycles. The summed E-state index contributed by atoms with van der Waals surface area (Å²) in [6.45, 7) is -0.281. The summed E-state index contributed by atoms with van der Waals surface area (Å²) in [5, 5.41) is 10.6. The van der Waals surface area contributed by atoms with Gasteiger partial charge >= 0.3 is 6.18 Å². The minimum atomic E-state index is -4.70. The Morgan fingerprint density at radius 3 is 2.50 bits per heavy atom. The zero-order chi connectivity index (χ0) is 17.5. The summed E-state index contributed by atoms with van der Waals surface area (Å²) in [5.41, 5.74) is 0. The maximum absolute atomic E-state index is 12.7. The van der Waals surface area contributed by atoms with E-state index in [4.69, 9.17) is 11.6 Å². The van der Waals surface area contributed by atoms with Gasteiger partial charge in [0.15, 0.2) is 0 Å². The quantitative estimate of drug-likeness (QED) is 0.729. The Balaban J connectivity index is 1.80. The normalized spacial score (nSPS) is 12.8. The van der Waals surface area contributed by atoms with Crippen LogP contribution in [0, 0.1) is 0 Å². The molecule has 1 aromatic carbocycles. The minimum absolute atomic E-state index is 0.0223. The summed E-state index contributed by atoms with van der Waals surface area (Å²) in [4.78, 5) is -0.103. The molecule has 1 N–H and O–H groups in total. The second-order valence-electron chi connectivity index (χ2n) is 4.49. The number of benzene rings is 1. The number of halogens is 4. The first-order chi connectivity index (χ1) is 11.2. The van der Waals surface area contributed by atoms with Crippen LogP contribution in [0.1, 0.15) is 10.8 Å². The van der Waals surface area contributed by atoms with Crippen molar-refractivity contribution < 1.29 is 21.6 Å². The number of rotatable bonds is 4. The summed E-state index contributed by atoms with van der Waals surface area (Å²) < 4.78 is 65.1. The highest BCUT2D eigenvalue weighted by Crippen LogP contribution is 2.29. The van der Waals surface area contributed by atoms with Gasteiger partial charge in [-0.05, 0) is 24.3 Å². The Bertz CT molecular complexity index is 981. The van der Waals surface area contributed by atoms with Crippen molar-refractivity contribution >= 4 is 37.9 Å². The van der Waals surface area contributed by atoms with E-state index < -0.39 is 22.0 Å². The van der Waals surface area contributed by atoms with E-state index in [1.807, 2.05) is 0 Å². The first-order valence-corrected chi connectivity index (χ1v) is 8.88. The van der Waals surface area contributed by atoms with E-state index in [1.165, 1.54) is 24.3 Å². The van der Waals surface area contributed by atoms with E-state index >= 15 is 0 Å². The Morgan fingerprint density at radius 2 is 1.88 bits per heavy atom. The van der Waals surface area contributed by atoms with Crippen LogP contribution in [0.5, 0.6) is 0 Å². The molecular formula is C11H7ClF3N5O2S2. The standard InChI is InChI=1S/C11H7ClF3N5O2S2/c12-6-1-3-7(4-2-6)24(21,22)16-5-8-19-20-9(11(13,14)15)17-18-10(20)23-8/h1-4,16H,5H2. The Kier molecular flexibility index (Phi) is 4.23. The maximum Gasteiger partial charge on any atom is 0.453 e. The number of sulfonamides is 1. The second kappa shape index (κ2) is 5.95. The van der Waals surface area contributed by atoms with Crippen molar-refractivity contribution in [3.8, 4) is 0 Å². The van der Waals surface area contributed by atoms with Crippen LogP contribution < -0.4 is 4.72 Å². The summed E-state index contributed by atoms with van der Waals surface area (Å²) in [6.07, 6.45) is -4.70. The van der Waals surface area contributed by atoms with Crippen LogP contribution in [-0.2, 0) is 22.7 Å². The SMILES string of the molecule is O=S(=O)(NCc1nn2c(C(F)(F)F)nnc2s1)c1ccc(Cl)cc1. The van der Waals surface area contributed by atoms with Crippen LogP contribution in [0.3, 0.4) is 0 Å². The lowest BCUT2D eigenvalue weighted by atomic mass is 10.4. The van der Waals surface area contributed by atoms with Crippen LogP contribution in [0.4, 0.5) is 13.2 Å². The number of hydrogen-bond donors (Lipinski definition) is 1. The van der Waals surface area contributed by atoms with Gasteiger partial charge in [0.1, 0.15) is 5.01 Å². The molecule has 0 spiro atoms. The molecule has 0 aliphatic heterocycles. The van der Waals surface area contributed by atoms with E-state index in [0.29, 0.717) is 9.54 Å². The monoisotopic (exact) mass is 397 g/mol. The van der Waals surface area contributed by atoms with Gasteiger partial charge in [-0.25, -0.2) is 13.1 Å². The van der Waals surface area contributed by atoms with Crippen LogP contribution in [0.15, 0.2) is 29.2 Å². The predicted octanol–water partition coefficient (Wildman–Crippen LogP) is 2.34. The lowest BCUT2D eigenvalue weighted by Gasteiger charge is -2.05. The van der Waals surface area contributed by atoms with Gasteiger partial charge in [0.05, 0.1) is 11.4 Å². The Hall–Kier alpha value is -1.76. The van der Waals surface area contributed by atoms with E-state index in [0.717, 1.165) is 11.3 Å². The fourth-order valence-corrected chi connectivity index (χ4v) is 3.74. The molecule has 0 unspecified atom stereocenters. The molecule has 0 radical (unpaired) electrons. The molecule has 3 aromatic rings. The van der Waals surface area contributed by atoms with Crippen molar-refractivity contribution in [1.82, 2.24) is 24.5 Å². The van der Waals surface area contributed by atoms with Gasteiger partial charge in [-0.2, -0.15) is 22.8 Å². The van der Waals surface area contributed by atoms with Gasteiger partial charge in [0.2, 0.25) is 15.0 Å². The zero-order valence-electron chi connectivity index (χ0n) is 11.5. The summed E-state index contributed by atoms with van der Waals surface area (Å²) >= 11 is 6.49. The molecule has 0 aliphatic rings. The van der Waals surface area contributed by atoms with Crippen molar-refractivity contribution in [1.29, 1.82) is 0 Å². The van der Waals surface area contributed by atoms with E-state index in [9.17, 15) is 21.6 Å². The molecule has 0 amide bonds. The van der Waals surface area contributed by atoms with Crippen molar-refractivity contribution in [2.24, 2.45) is 0 Å². The van der Waals surface area contributed by atoms with Gasteiger partial charge in [-0.1, -0.05) is 22.9 Å². The zero-order valence-corrected chi connectivity index (χ0v) is 13.8. The van der Waals surface area contributed by atoms with Gasteiger partial charge in [0.25, 0.3) is 5.82 Å². The number of aromatic nitrogens is 4. The van der Waals surface area contributed by atoms with Crippen LogP contribution in [-0.4, -0.2) is 28.2 Å². The molecule has 2 heterocycles. The van der Waals surface area contributed by atoms with E-state index in [1.54, 1.807) is 0 Å². The molecule has 0 bridgehead atoms. The molecule has 128 valence electrons. The highest BCUT2D eigenvalue weighted by atomic mass is 35.5. The van der Waals surface area contributed by atoms with Crippen molar-refractivity contribution in [3.63, 3.8) is 0 Å². The third-order valence-corrected chi connectivity index (χ3v) is 5.39.